The molecular weight excluding hydrogens is 276 g/mol. The minimum atomic E-state index is 0.0685. The maximum absolute atomic E-state index is 12.2. The average Bonchev–Trinajstić information content (AvgIpc) is 3.40. The van der Waals surface area contributed by atoms with Gasteiger partial charge in [0.25, 0.3) is 0 Å². The van der Waals surface area contributed by atoms with Crippen LogP contribution < -0.4 is 5.32 Å². The van der Waals surface area contributed by atoms with E-state index in [-0.39, 0.29) is 17.7 Å². The highest BCUT2D eigenvalue weighted by atomic mass is 16.2. The van der Waals surface area contributed by atoms with E-state index in [1.54, 1.807) is 0 Å². The lowest BCUT2D eigenvalue weighted by Gasteiger charge is -2.31. The fourth-order valence-corrected chi connectivity index (χ4v) is 3.07. The first-order valence-corrected chi connectivity index (χ1v) is 8.34. The van der Waals surface area contributed by atoms with Gasteiger partial charge in [0.2, 0.25) is 11.8 Å². The zero-order valence-corrected chi connectivity index (χ0v) is 13.0. The van der Waals surface area contributed by atoms with Crippen LogP contribution in [-0.2, 0) is 16.0 Å². The highest BCUT2D eigenvalue weighted by Crippen LogP contribution is 2.32. The van der Waals surface area contributed by atoms with E-state index in [0.717, 1.165) is 45.2 Å². The van der Waals surface area contributed by atoms with Gasteiger partial charge in [-0.1, -0.05) is 30.3 Å². The highest BCUT2D eigenvalue weighted by molar-refractivity contribution is 5.82. The summed E-state index contributed by atoms with van der Waals surface area (Å²) in [5.74, 6) is 0.813. The number of hydrogen-bond donors (Lipinski definition) is 1. The van der Waals surface area contributed by atoms with Crippen LogP contribution in [0.15, 0.2) is 30.3 Å². The third kappa shape index (κ3) is 3.87. The molecule has 22 heavy (non-hydrogen) atoms. The Morgan fingerprint density at radius 1 is 1.00 bits per heavy atom. The van der Waals surface area contributed by atoms with Crippen LogP contribution in [0.5, 0.6) is 0 Å². The molecule has 1 aliphatic heterocycles. The van der Waals surface area contributed by atoms with Gasteiger partial charge in [-0.2, -0.15) is 0 Å². The lowest BCUT2D eigenvalue weighted by Crippen LogP contribution is -2.43. The highest BCUT2D eigenvalue weighted by Gasteiger charge is 2.35. The molecule has 2 amide bonds. The number of nitrogens with zero attached hydrogens (tertiary/aromatic N) is 1. The Morgan fingerprint density at radius 3 is 2.32 bits per heavy atom. The first kappa shape index (κ1) is 15.1. The van der Waals surface area contributed by atoms with Crippen molar-refractivity contribution in [3.63, 3.8) is 0 Å². The Kier molecular flexibility index (Phi) is 4.76. The topological polar surface area (TPSA) is 49.4 Å². The Morgan fingerprint density at radius 2 is 1.68 bits per heavy atom. The van der Waals surface area contributed by atoms with Crippen molar-refractivity contribution < 1.29 is 9.59 Å². The summed E-state index contributed by atoms with van der Waals surface area (Å²) in [7, 11) is 0. The molecule has 0 unspecified atom stereocenters. The summed E-state index contributed by atoms with van der Waals surface area (Å²) in [4.78, 5) is 26.1. The number of hydrogen-bond acceptors (Lipinski definition) is 2. The lowest BCUT2D eigenvalue weighted by molar-refractivity contribution is -0.136. The average molecular weight is 300 g/mol. The predicted octanol–water partition coefficient (Wildman–Crippen LogP) is 1.99. The van der Waals surface area contributed by atoms with E-state index in [2.05, 4.69) is 17.4 Å². The Hall–Kier alpha value is -1.84. The van der Waals surface area contributed by atoms with Crippen LogP contribution in [0, 0.1) is 11.8 Å². The second-order valence-corrected chi connectivity index (χ2v) is 6.40. The van der Waals surface area contributed by atoms with E-state index in [1.165, 1.54) is 5.56 Å². The van der Waals surface area contributed by atoms with Gasteiger partial charge in [-0.05, 0) is 37.7 Å². The smallest absolute Gasteiger partial charge is 0.225 e. The fourth-order valence-electron chi connectivity index (χ4n) is 3.07. The van der Waals surface area contributed by atoms with Gasteiger partial charge in [-0.25, -0.2) is 0 Å². The first-order chi connectivity index (χ1) is 10.7. The molecule has 4 heteroatoms. The third-order valence-corrected chi connectivity index (χ3v) is 4.66. The molecule has 0 bridgehead atoms. The van der Waals surface area contributed by atoms with Crippen molar-refractivity contribution in [3.05, 3.63) is 35.9 Å². The van der Waals surface area contributed by atoms with Gasteiger partial charge in [0.05, 0.1) is 0 Å². The molecule has 1 saturated carbocycles. The minimum absolute atomic E-state index is 0.0685. The molecule has 0 atom stereocenters. The molecule has 1 aromatic rings. The minimum Gasteiger partial charge on any atom is -0.356 e. The molecular formula is C18H24N2O2. The van der Waals surface area contributed by atoms with E-state index in [0.29, 0.717) is 12.5 Å². The number of carbonyl (C=O) groups excluding carboxylic acids is 2. The summed E-state index contributed by atoms with van der Waals surface area (Å²) in [5.41, 5.74) is 1.24. The van der Waals surface area contributed by atoms with E-state index < -0.39 is 0 Å². The number of nitrogens with one attached hydrogen (secondary N) is 1. The van der Waals surface area contributed by atoms with E-state index in [4.69, 9.17) is 0 Å². The number of benzene rings is 1. The summed E-state index contributed by atoms with van der Waals surface area (Å²) in [6.07, 6.45) is 4.58. The summed E-state index contributed by atoms with van der Waals surface area (Å²) in [6, 6.07) is 10.2. The molecule has 0 radical (unpaired) electrons. The van der Waals surface area contributed by atoms with Gasteiger partial charge >= 0.3 is 0 Å². The Balaban J connectivity index is 1.37. The molecule has 2 aliphatic rings. The maximum atomic E-state index is 12.2. The second kappa shape index (κ2) is 6.95. The SMILES string of the molecule is O=C(NCCc1ccccc1)C1CCN(C(=O)C2CC2)CC1. The van der Waals surface area contributed by atoms with Gasteiger partial charge in [0, 0.05) is 31.5 Å². The molecule has 3 rings (SSSR count). The predicted molar refractivity (Wildman–Crippen MR) is 85.2 cm³/mol. The van der Waals surface area contributed by atoms with Crippen LogP contribution in [-0.4, -0.2) is 36.3 Å². The molecule has 1 aromatic carbocycles. The zero-order valence-electron chi connectivity index (χ0n) is 13.0. The fraction of sp³-hybridized carbons (Fsp3) is 0.556. The van der Waals surface area contributed by atoms with Gasteiger partial charge in [-0.15, -0.1) is 0 Å². The second-order valence-electron chi connectivity index (χ2n) is 6.40. The largest absolute Gasteiger partial charge is 0.356 e. The summed E-state index contributed by atoms with van der Waals surface area (Å²) in [5, 5.41) is 3.04. The van der Waals surface area contributed by atoms with Gasteiger partial charge in [0.15, 0.2) is 0 Å². The maximum Gasteiger partial charge on any atom is 0.225 e. The summed E-state index contributed by atoms with van der Waals surface area (Å²) >= 11 is 0. The molecule has 1 N–H and O–H groups in total. The first-order valence-electron chi connectivity index (χ1n) is 8.34. The normalized spacial score (nSPS) is 19.0. The molecule has 0 spiro atoms. The van der Waals surface area contributed by atoms with Gasteiger partial charge in [0.1, 0.15) is 0 Å². The Bertz CT molecular complexity index is 517. The van der Waals surface area contributed by atoms with Crippen molar-refractivity contribution in [2.45, 2.75) is 32.1 Å². The number of rotatable bonds is 5. The zero-order chi connectivity index (χ0) is 15.4. The number of amides is 2. The molecule has 4 nitrogen and oxygen atoms in total. The number of carbonyl (C=O) groups is 2. The van der Waals surface area contributed by atoms with Crippen LogP contribution in [0.25, 0.3) is 0 Å². The molecule has 1 saturated heterocycles. The van der Waals surface area contributed by atoms with Crippen molar-refractivity contribution in [1.29, 1.82) is 0 Å². The monoisotopic (exact) mass is 300 g/mol. The van der Waals surface area contributed by atoms with Crippen molar-refractivity contribution in [2.75, 3.05) is 19.6 Å². The standard InChI is InChI=1S/C18H24N2O2/c21-17(19-11-8-14-4-2-1-3-5-14)15-9-12-20(13-10-15)18(22)16-6-7-16/h1-5,15-16H,6-13H2,(H,19,21). The van der Waals surface area contributed by atoms with Crippen molar-refractivity contribution in [1.82, 2.24) is 10.2 Å². The number of likely N-dealkylation sites (tertiary alicyclic amines) is 1. The van der Waals surface area contributed by atoms with E-state index in [9.17, 15) is 9.59 Å². The summed E-state index contributed by atoms with van der Waals surface area (Å²) < 4.78 is 0. The number of piperidine rings is 1. The summed E-state index contributed by atoms with van der Waals surface area (Å²) in [6.45, 7) is 2.17. The van der Waals surface area contributed by atoms with Crippen LogP contribution in [0.2, 0.25) is 0 Å². The van der Waals surface area contributed by atoms with Crippen LogP contribution in [0.3, 0.4) is 0 Å². The van der Waals surface area contributed by atoms with Crippen LogP contribution in [0.1, 0.15) is 31.2 Å². The van der Waals surface area contributed by atoms with E-state index >= 15 is 0 Å². The molecule has 118 valence electrons. The van der Waals surface area contributed by atoms with Crippen LogP contribution in [0.4, 0.5) is 0 Å². The molecule has 2 fully saturated rings. The Labute approximate surface area is 131 Å². The van der Waals surface area contributed by atoms with Gasteiger partial charge in [-0.3, -0.25) is 9.59 Å². The third-order valence-electron chi connectivity index (χ3n) is 4.66. The lowest BCUT2D eigenvalue weighted by atomic mass is 9.95. The van der Waals surface area contributed by atoms with Crippen molar-refractivity contribution in [3.8, 4) is 0 Å². The quantitative estimate of drug-likeness (QED) is 0.904. The van der Waals surface area contributed by atoms with Crippen LogP contribution >= 0.6 is 0 Å². The molecule has 0 aromatic heterocycles. The molecule has 1 heterocycles. The van der Waals surface area contributed by atoms with E-state index in [1.807, 2.05) is 23.1 Å². The van der Waals surface area contributed by atoms with Crippen molar-refractivity contribution >= 4 is 11.8 Å². The van der Waals surface area contributed by atoms with Gasteiger partial charge < -0.3 is 10.2 Å². The molecule has 1 aliphatic carbocycles. The van der Waals surface area contributed by atoms with Crippen molar-refractivity contribution in [2.24, 2.45) is 11.8 Å².